The van der Waals surface area contributed by atoms with E-state index >= 15 is 0 Å². The second kappa shape index (κ2) is 8.43. The smallest absolute Gasteiger partial charge is 0.276 e. The highest BCUT2D eigenvalue weighted by Gasteiger charge is 2.16. The molecule has 8 heteroatoms. The normalized spacial score (nSPS) is 10.9. The van der Waals surface area contributed by atoms with Gasteiger partial charge >= 0.3 is 0 Å². The summed E-state index contributed by atoms with van der Waals surface area (Å²) in [6.07, 6.45) is 0.581. The first kappa shape index (κ1) is 19.9. The van der Waals surface area contributed by atoms with Crippen LogP contribution in [0.25, 0.3) is 5.13 Å². The monoisotopic (exact) mass is 400 g/mol. The number of rotatable bonds is 7. The molecule has 1 amide bonds. The van der Waals surface area contributed by atoms with E-state index in [4.69, 9.17) is 4.74 Å². The van der Waals surface area contributed by atoms with Gasteiger partial charge in [0.2, 0.25) is 11.0 Å². The number of nitrogens with one attached hydrogen (secondary N) is 2. The summed E-state index contributed by atoms with van der Waals surface area (Å²) in [7, 11) is 0. The number of benzene rings is 1. The Labute approximate surface area is 167 Å². The molecular weight excluding hydrogens is 376 g/mol. The number of H-pyrrole nitrogens is 1. The van der Waals surface area contributed by atoms with E-state index in [2.05, 4.69) is 15.4 Å². The first-order valence-electron chi connectivity index (χ1n) is 9.16. The van der Waals surface area contributed by atoms with Crippen LogP contribution in [0.4, 0.5) is 5.69 Å². The fraction of sp³-hybridized carbons (Fsp3) is 0.350. The van der Waals surface area contributed by atoms with Crippen LogP contribution in [-0.4, -0.2) is 27.3 Å². The first-order valence-corrected chi connectivity index (χ1v) is 9.98. The molecule has 28 heavy (non-hydrogen) atoms. The molecule has 0 aliphatic rings. The van der Waals surface area contributed by atoms with Crippen molar-refractivity contribution >= 4 is 22.9 Å². The summed E-state index contributed by atoms with van der Waals surface area (Å²) < 4.78 is 6.85. The zero-order chi connectivity index (χ0) is 20.3. The van der Waals surface area contributed by atoms with Gasteiger partial charge in [0.15, 0.2) is 0 Å². The molecule has 2 N–H and O–H groups in total. The number of aromatic nitrogens is 3. The zero-order valence-corrected chi connectivity index (χ0v) is 17.3. The second-order valence-corrected chi connectivity index (χ2v) is 7.68. The molecule has 7 nitrogen and oxygen atoms in total. The van der Waals surface area contributed by atoms with Crippen LogP contribution < -0.4 is 15.6 Å². The molecule has 0 aliphatic heterocycles. The van der Waals surface area contributed by atoms with Gasteiger partial charge in [-0.15, -0.1) is 0 Å². The van der Waals surface area contributed by atoms with E-state index < -0.39 is 0 Å². The van der Waals surface area contributed by atoms with Gasteiger partial charge in [-0.05, 0) is 58.4 Å². The third-order valence-electron chi connectivity index (χ3n) is 4.45. The molecule has 0 radical (unpaired) electrons. The SMILES string of the molecule is CCOc1ccc(NC(=O)CCc2c(C)[nH]n(-c3nc(C)c(C)s3)c2=O)cc1. The molecule has 2 heterocycles. The lowest BCUT2D eigenvalue weighted by molar-refractivity contribution is -0.116. The summed E-state index contributed by atoms with van der Waals surface area (Å²) in [4.78, 5) is 30.5. The molecule has 3 aromatic rings. The lowest BCUT2D eigenvalue weighted by Crippen LogP contribution is -2.19. The van der Waals surface area contributed by atoms with Crippen LogP contribution in [-0.2, 0) is 11.2 Å². The molecular formula is C20H24N4O3S. The van der Waals surface area contributed by atoms with Gasteiger partial charge in [-0.3, -0.25) is 14.7 Å². The summed E-state index contributed by atoms with van der Waals surface area (Å²) in [5.41, 5.74) is 2.82. The lowest BCUT2D eigenvalue weighted by atomic mass is 10.1. The number of carbonyl (C=O) groups excluding carboxylic acids is 1. The maximum absolute atomic E-state index is 12.7. The summed E-state index contributed by atoms with van der Waals surface area (Å²) >= 11 is 1.47. The van der Waals surface area contributed by atoms with E-state index in [9.17, 15) is 9.59 Å². The number of amides is 1. The third-order valence-corrected chi connectivity index (χ3v) is 5.51. The zero-order valence-electron chi connectivity index (χ0n) is 16.5. The molecule has 0 unspecified atom stereocenters. The van der Waals surface area contributed by atoms with Crippen molar-refractivity contribution in [3.63, 3.8) is 0 Å². The van der Waals surface area contributed by atoms with Crippen molar-refractivity contribution < 1.29 is 9.53 Å². The highest BCUT2D eigenvalue weighted by Crippen LogP contribution is 2.20. The summed E-state index contributed by atoms with van der Waals surface area (Å²) in [6.45, 7) is 8.25. The van der Waals surface area contributed by atoms with Gasteiger partial charge in [-0.1, -0.05) is 11.3 Å². The Balaban J connectivity index is 1.65. The Hall–Kier alpha value is -2.87. The van der Waals surface area contributed by atoms with Crippen molar-refractivity contribution in [1.82, 2.24) is 14.8 Å². The Morgan fingerprint density at radius 2 is 1.96 bits per heavy atom. The topological polar surface area (TPSA) is 89.0 Å². The minimum atomic E-state index is -0.153. The van der Waals surface area contributed by atoms with E-state index in [0.29, 0.717) is 29.4 Å². The Morgan fingerprint density at radius 3 is 2.57 bits per heavy atom. The van der Waals surface area contributed by atoms with Crippen LogP contribution in [0.5, 0.6) is 5.75 Å². The molecule has 3 rings (SSSR count). The number of aryl methyl sites for hydroxylation is 3. The van der Waals surface area contributed by atoms with E-state index in [1.54, 1.807) is 12.1 Å². The number of ether oxygens (including phenoxy) is 1. The van der Waals surface area contributed by atoms with Crippen molar-refractivity contribution in [3.8, 4) is 10.9 Å². The van der Waals surface area contributed by atoms with Gasteiger partial charge in [-0.25, -0.2) is 4.98 Å². The fourth-order valence-electron chi connectivity index (χ4n) is 2.83. The Bertz CT molecular complexity index is 1010. The minimum absolute atomic E-state index is 0.142. The van der Waals surface area contributed by atoms with Crippen molar-refractivity contribution in [2.45, 2.75) is 40.5 Å². The molecule has 0 saturated heterocycles. The maximum atomic E-state index is 12.7. The average molecular weight is 401 g/mol. The van der Waals surface area contributed by atoms with Crippen LogP contribution in [0, 0.1) is 20.8 Å². The third kappa shape index (κ3) is 4.33. The molecule has 0 atom stereocenters. The highest BCUT2D eigenvalue weighted by molar-refractivity contribution is 7.14. The predicted octanol–water partition coefficient (Wildman–Crippen LogP) is 3.52. The van der Waals surface area contributed by atoms with E-state index in [1.807, 2.05) is 39.8 Å². The number of hydrogen-bond donors (Lipinski definition) is 2. The van der Waals surface area contributed by atoms with E-state index in [1.165, 1.54) is 16.0 Å². The van der Waals surface area contributed by atoms with Gasteiger partial charge < -0.3 is 10.1 Å². The van der Waals surface area contributed by atoms with Gasteiger partial charge in [0.25, 0.3) is 5.56 Å². The molecule has 1 aromatic carbocycles. The quantitative estimate of drug-likeness (QED) is 0.635. The van der Waals surface area contributed by atoms with Gasteiger partial charge in [-0.2, -0.15) is 4.68 Å². The summed E-state index contributed by atoms with van der Waals surface area (Å²) in [6, 6.07) is 7.22. The molecule has 0 bridgehead atoms. The van der Waals surface area contributed by atoms with Gasteiger partial charge in [0.05, 0.1) is 12.3 Å². The largest absolute Gasteiger partial charge is 0.494 e. The van der Waals surface area contributed by atoms with Crippen LogP contribution >= 0.6 is 11.3 Å². The highest BCUT2D eigenvalue weighted by atomic mass is 32.1. The number of anilines is 1. The van der Waals surface area contributed by atoms with Crippen LogP contribution in [0.1, 0.15) is 35.2 Å². The lowest BCUT2D eigenvalue weighted by Gasteiger charge is -2.07. The van der Waals surface area contributed by atoms with Crippen LogP contribution in [0.2, 0.25) is 0 Å². The first-order chi connectivity index (χ1) is 13.4. The van der Waals surface area contributed by atoms with Gasteiger partial charge in [0, 0.05) is 28.2 Å². The van der Waals surface area contributed by atoms with Crippen LogP contribution in [0.3, 0.4) is 0 Å². The maximum Gasteiger partial charge on any atom is 0.276 e. The minimum Gasteiger partial charge on any atom is -0.494 e. The summed E-state index contributed by atoms with van der Waals surface area (Å²) in [5, 5.41) is 6.53. The number of carbonyl (C=O) groups is 1. The standard InChI is InChI=1S/C20H24N4O3S/c1-5-27-16-8-6-15(7-9-16)22-18(25)11-10-17-13(3)23-24(19(17)26)20-21-12(2)14(4)28-20/h6-9,23H,5,10-11H2,1-4H3,(H,22,25). The molecule has 0 fully saturated rings. The number of aromatic amines is 1. The Morgan fingerprint density at radius 1 is 1.25 bits per heavy atom. The van der Waals surface area contributed by atoms with Crippen molar-refractivity contribution in [3.05, 3.63) is 56.4 Å². The van der Waals surface area contributed by atoms with Crippen molar-refractivity contribution in [2.24, 2.45) is 0 Å². The Kier molecular flexibility index (Phi) is 5.99. The number of thiazole rings is 1. The molecule has 2 aromatic heterocycles. The average Bonchev–Trinajstić information content (AvgIpc) is 3.14. The van der Waals surface area contributed by atoms with Crippen molar-refractivity contribution in [1.29, 1.82) is 0 Å². The van der Waals surface area contributed by atoms with Crippen LogP contribution in [0.15, 0.2) is 29.1 Å². The predicted molar refractivity (Wildman–Crippen MR) is 111 cm³/mol. The van der Waals surface area contributed by atoms with E-state index in [-0.39, 0.29) is 17.9 Å². The van der Waals surface area contributed by atoms with Gasteiger partial charge in [0.1, 0.15) is 5.75 Å². The van der Waals surface area contributed by atoms with Crippen molar-refractivity contribution in [2.75, 3.05) is 11.9 Å². The molecule has 0 spiro atoms. The number of hydrogen-bond acceptors (Lipinski definition) is 5. The fourth-order valence-corrected chi connectivity index (χ4v) is 3.69. The van der Waals surface area contributed by atoms with E-state index in [0.717, 1.165) is 22.0 Å². The molecule has 0 aliphatic carbocycles. The second-order valence-electron chi connectivity index (χ2n) is 6.50. The molecule has 0 saturated carbocycles. The number of nitrogens with zero attached hydrogens (tertiary/aromatic N) is 2. The molecule has 148 valence electrons. The summed E-state index contributed by atoms with van der Waals surface area (Å²) in [5.74, 6) is 0.619.